The average Bonchev–Trinajstić information content (AvgIpc) is 2.40. The lowest BCUT2D eigenvalue weighted by Gasteiger charge is -2.50. The number of piperidine rings is 1. The van der Waals surface area contributed by atoms with Crippen molar-refractivity contribution in [3.8, 4) is 0 Å². The van der Waals surface area contributed by atoms with Gasteiger partial charge in [0, 0.05) is 30.0 Å². The number of hydrogen-bond acceptors (Lipinski definition) is 6. The molecule has 1 fully saturated rings. The van der Waals surface area contributed by atoms with Gasteiger partial charge in [-0.15, -0.1) is 0 Å². The van der Waals surface area contributed by atoms with Crippen LogP contribution in [0, 0.1) is 0 Å². The van der Waals surface area contributed by atoms with Gasteiger partial charge in [-0.3, -0.25) is 0 Å². The number of rotatable bonds is 5. The molecular weight excluding hydrogens is 288 g/mol. The lowest BCUT2D eigenvalue weighted by Crippen LogP contribution is -2.61. The third-order valence-electron chi connectivity index (χ3n) is 3.66. The van der Waals surface area contributed by atoms with E-state index in [2.05, 4.69) is 11.9 Å². The molecule has 0 atom stereocenters. The Hall–Kier alpha value is -1.60. The smallest absolute Gasteiger partial charge is 0.407 e. The number of hydroxylamine groups is 2. The van der Waals surface area contributed by atoms with E-state index >= 15 is 0 Å². The molecule has 0 aromatic heterocycles. The Morgan fingerprint density at radius 1 is 1.32 bits per heavy atom. The first-order valence-corrected chi connectivity index (χ1v) is 7.31. The van der Waals surface area contributed by atoms with Crippen molar-refractivity contribution in [2.24, 2.45) is 0 Å². The molecule has 0 aromatic rings. The zero-order valence-corrected chi connectivity index (χ0v) is 13.7. The minimum atomic E-state index is -0.558. The zero-order valence-electron chi connectivity index (χ0n) is 13.7. The summed E-state index contributed by atoms with van der Waals surface area (Å²) in [7, 11) is 0. The highest BCUT2D eigenvalue weighted by Gasteiger charge is 2.46. The molecule has 1 aliphatic rings. The van der Waals surface area contributed by atoms with Gasteiger partial charge >= 0.3 is 12.1 Å². The van der Waals surface area contributed by atoms with Crippen LogP contribution in [0.5, 0.6) is 0 Å². The molecule has 0 saturated carbocycles. The second-order valence-electron chi connectivity index (χ2n) is 6.67. The molecule has 0 radical (unpaired) electrons. The third kappa shape index (κ3) is 4.99. The molecule has 126 valence electrons. The fraction of sp³-hybridized carbons (Fsp3) is 0.733. The number of ether oxygens (including phenoxy) is 2. The first-order chi connectivity index (χ1) is 10.1. The molecule has 1 heterocycles. The van der Waals surface area contributed by atoms with Gasteiger partial charge in [-0.1, -0.05) is 6.58 Å². The Morgan fingerprint density at radius 2 is 1.86 bits per heavy atom. The maximum atomic E-state index is 11.8. The molecule has 7 nitrogen and oxygen atoms in total. The molecule has 0 spiro atoms. The van der Waals surface area contributed by atoms with E-state index in [1.54, 1.807) is 0 Å². The van der Waals surface area contributed by atoms with Crippen molar-refractivity contribution in [2.75, 3.05) is 13.2 Å². The quantitative estimate of drug-likeness (QED) is 0.457. The highest BCUT2D eigenvalue weighted by Crippen LogP contribution is 2.37. The molecule has 0 aromatic carbocycles. The van der Waals surface area contributed by atoms with E-state index in [0.29, 0.717) is 12.8 Å². The van der Waals surface area contributed by atoms with Gasteiger partial charge in [-0.2, -0.15) is 5.06 Å². The molecule has 22 heavy (non-hydrogen) atoms. The zero-order chi connectivity index (χ0) is 17.0. The molecule has 1 rings (SSSR count). The van der Waals surface area contributed by atoms with Crippen LogP contribution in [0.2, 0.25) is 0 Å². The maximum Gasteiger partial charge on any atom is 0.407 e. The average molecular weight is 314 g/mol. The van der Waals surface area contributed by atoms with Gasteiger partial charge in [0.2, 0.25) is 0 Å². The Morgan fingerprint density at radius 3 is 2.36 bits per heavy atom. The van der Waals surface area contributed by atoms with Gasteiger partial charge in [0.25, 0.3) is 0 Å². The van der Waals surface area contributed by atoms with Crippen LogP contribution >= 0.6 is 0 Å². The van der Waals surface area contributed by atoms with E-state index in [1.807, 2.05) is 27.7 Å². The number of carbonyl (C=O) groups excluding carboxylic acids is 2. The number of alkyl carbamates (subject to hydrolysis) is 1. The molecule has 1 aliphatic heterocycles. The first kappa shape index (κ1) is 18.4. The van der Waals surface area contributed by atoms with E-state index in [4.69, 9.17) is 9.47 Å². The summed E-state index contributed by atoms with van der Waals surface area (Å²) in [4.78, 5) is 22.6. The van der Waals surface area contributed by atoms with Crippen LogP contribution in [0.25, 0.3) is 0 Å². The van der Waals surface area contributed by atoms with Crippen molar-refractivity contribution in [3.05, 3.63) is 12.7 Å². The molecule has 0 unspecified atom stereocenters. The number of amides is 1. The summed E-state index contributed by atoms with van der Waals surface area (Å²) in [6.07, 6.45) is 1.28. The Balaban J connectivity index is 2.41. The monoisotopic (exact) mass is 314 g/mol. The normalized spacial score (nSPS) is 21.0. The number of hydrogen-bond donors (Lipinski definition) is 2. The van der Waals surface area contributed by atoms with Crippen LogP contribution in [-0.2, 0) is 14.3 Å². The van der Waals surface area contributed by atoms with Crippen molar-refractivity contribution in [2.45, 2.75) is 57.7 Å². The summed E-state index contributed by atoms with van der Waals surface area (Å²) in [6.45, 7) is 11.1. The Bertz CT molecular complexity index is 416. The van der Waals surface area contributed by atoms with Crippen molar-refractivity contribution >= 4 is 12.1 Å². The Kier molecular flexibility index (Phi) is 5.96. The van der Waals surface area contributed by atoms with Gasteiger partial charge in [-0.25, -0.2) is 9.59 Å². The molecule has 1 amide bonds. The molecule has 0 bridgehead atoms. The SMILES string of the molecule is C=CC(=O)OCCNC(=O)OC1CC(C)(C)N(O)C(C)(C)C1. The van der Waals surface area contributed by atoms with Crippen molar-refractivity contribution < 1.29 is 24.3 Å². The van der Waals surface area contributed by atoms with Gasteiger partial charge in [0.15, 0.2) is 0 Å². The summed E-state index contributed by atoms with van der Waals surface area (Å²) in [5.41, 5.74) is -0.960. The topological polar surface area (TPSA) is 88.1 Å². The van der Waals surface area contributed by atoms with E-state index in [9.17, 15) is 14.8 Å². The van der Waals surface area contributed by atoms with Crippen LogP contribution in [0.3, 0.4) is 0 Å². The summed E-state index contributed by atoms with van der Waals surface area (Å²) in [5.74, 6) is -0.533. The van der Waals surface area contributed by atoms with Gasteiger partial charge in [0.05, 0.1) is 6.54 Å². The molecule has 7 heteroatoms. The standard InChI is InChI=1S/C15H26N2O5/c1-6-12(18)21-8-7-16-13(19)22-11-9-14(2,3)17(20)15(4,5)10-11/h6,11,20H,1,7-10H2,2-5H3,(H,16,19). The number of nitrogens with one attached hydrogen (secondary N) is 1. The summed E-state index contributed by atoms with van der Waals surface area (Å²) < 4.78 is 10.1. The number of nitrogens with zero attached hydrogens (tertiary/aromatic N) is 1. The van der Waals surface area contributed by atoms with Crippen molar-refractivity contribution in [3.63, 3.8) is 0 Å². The largest absolute Gasteiger partial charge is 0.461 e. The summed E-state index contributed by atoms with van der Waals surface area (Å²) in [5, 5.41) is 14.0. The second kappa shape index (κ2) is 7.11. The molecule has 2 N–H and O–H groups in total. The first-order valence-electron chi connectivity index (χ1n) is 7.31. The minimum absolute atomic E-state index is 0.0615. The van der Waals surface area contributed by atoms with E-state index < -0.39 is 23.1 Å². The van der Waals surface area contributed by atoms with E-state index in [1.165, 1.54) is 5.06 Å². The van der Waals surface area contributed by atoms with Gasteiger partial charge in [0.1, 0.15) is 12.7 Å². The number of esters is 1. The predicted octanol–water partition coefficient (Wildman–Crippen LogP) is 1.85. The molecular formula is C15H26N2O5. The fourth-order valence-corrected chi connectivity index (χ4v) is 2.82. The third-order valence-corrected chi connectivity index (χ3v) is 3.66. The van der Waals surface area contributed by atoms with Gasteiger partial charge in [-0.05, 0) is 27.7 Å². The molecule has 0 aliphatic carbocycles. The van der Waals surface area contributed by atoms with Gasteiger partial charge < -0.3 is 20.0 Å². The number of carbonyl (C=O) groups is 2. The van der Waals surface area contributed by atoms with Crippen LogP contribution in [-0.4, -0.2) is 52.7 Å². The highest BCUT2D eigenvalue weighted by molar-refractivity contribution is 5.81. The van der Waals surface area contributed by atoms with Crippen molar-refractivity contribution in [1.29, 1.82) is 0 Å². The fourth-order valence-electron chi connectivity index (χ4n) is 2.82. The summed E-state index contributed by atoms with van der Waals surface area (Å²) >= 11 is 0. The molecule has 1 saturated heterocycles. The Labute approximate surface area is 131 Å². The lowest BCUT2D eigenvalue weighted by molar-refractivity contribution is -0.256. The van der Waals surface area contributed by atoms with E-state index in [0.717, 1.165) is 6.08 Å². The van der Waals surface area contributed by atoms with Crippen molar-refractivity contribution in [1.82, 2.24) is 10.4 Å². The predicted molar refractivity (Wildman–Crippen MR) is 80.4 cm³/mol. The lowest BCUT2D eigenvalue weighted by atomic mass is 9.80. The van der Waals surface area contributed by atoms with Crippen LogP contribution in [0.1, 0.15) is 40.5 Å². The minimum Gasteiger partial charge on any atom is -0.461 e. The maximum absolute atomic E-state index is 11.8. The highest BCUT2D eigenvalue weighted by atomic mass is 16.6. The van der Waals surface area contributed by atoms with Crippen LogP contribution in [0.4, 0.5) is 4.79 Å². The van der Waals surface area contributed by atoms with E-state index in [-0.39, 0.29) is 19.3 Å². The van der Waals surface area contributed by atoms with Crippen LogP contribution in [0.15, 0.2) is 12.7 Å². The second-order valence-corrected chi connectivity index (χ2v) is 6.67. The van der Waals surface area contributed by atoms with Crippen LogP contribution < -0.4 is 5.32 Å². The summed E-state index contributed by atoms with van der Waals surface area (Å²) in [6, 6.07) is 0.